The molecule has 0 bridgehead atoms. The van der Waals surface area contributed by atoms with E-state index < -0.39 is 5.91 Å². The number of hydrazone groups is 1. The fourth-order valence-electron chi connectivity index (χ4n) is 1.80. The van der Waals surface area contributed by atoms with Gasteiger partial charge in [-0.25, -0.2) is 5.43 Å². The maximum absolute atomic E-state index is 11.8. The van der Waals surface area contributed by atoms with Crippen LogP contribution in [0.3, 0.4) is 0 Å². The van der Waals surface area contributed by atoms with Gasteiger partial charge in [0.15, 0.2) is 0 Å². The molecule has 0 aliphatic rings. The molecular formula is C17H16ClN3O3. The molecule has 0 aliphatic heterocycles. The summed E-state index contributed by atoms with van der Waals surface area (Å²) in [6.45, 7) is -0.184. The lowest BCUT2D eigenvalue weighted by Crippen LogP contribution is -2.34. The Bertz CT molecular complexity index is 745. The van der Waals surface area contributed by atoms with Gasteiger partial charge in [-0.3, -0.25) is 9.59 Å². The summed E-state index contributed by atoms with van der Waals surface area (Å²) in [6, 6.07) is 13.6. The minimum absolute atomic E-state index is 0.184. The van der Waals surface area contributed by atoms with Crippen molar-refractivity contribution >= 4 is 29.6 Å². The van der Waals surface area contributed by atoms with Crippen LogP contribution in [0.5, 0.6) is 5.75 Å². The molecule has 0 saturated heterocycles. The van der Waals surface area contributed by atoms with Crippen LogP contribution in [-0.4, -0.2) is 31.7 Å². The predicted octanol–water partition coefficient (Wildman–Crippen LogP) is 2.23. The number of rotatable bonds is 6. The number of hydrogen-bond donors (Lipinski definition) is 2. The minimum atomic E-state index is -0.434. The molecule has 0 atom stereocenters. The molecule has 0 fully saturated rings. The Morgan fingerprint density at radius 2 is 1.96 bits per heavy atom. The number of carbonyl (C=O) groups excluding carboxylic acids is 2. The Hall–Kier alpha value is -2.86. The van der Waals surface area contributed by atoms with Gasteiger partial charge in [-0.05, 0) is 42.0 Å². The van der Waals surface area contributed by atoms with Crippen molar-refractivity contribution in [2.24, 2.45) is 5.10 Å². The average molecular weight is 346 g/mol. The highest BCUT2D eigenvalue weighted by atomic mass is 35.5. The van der Waals surface area contributed by atoms with E-state index in [1.807, 2.05) is 18.2 Å². The molecule has 2 amide bonds. The van der Waals surface area contributed by atoms with Crippen LogP contribution in [0.1, 0.15) is 15.9 Å². The second-order valence-electron chi connectivity index (χ2n) is 4.76. The molecule has 0 aromatic heterocycles. The standard InChI is InChI=1S/C17H16ClN3O3/c1-24-15-4-2-3-12(9-15)10-20-21-16(22)11-19-17(23)13-5-7-14(18)8-6-13/h2-10H,11H2,1H3,(H,19,23)(H,21,22). The Balaban J connectivity index is 1.79. The first-order valence-electron chi connectivity index (χ1n) is 7.08. The van der Waals surface area contributed by atoms with Gasteiger partial charge in [-0.1, -0.05) is 23.7 Å². The zero-order valence-corrected chi connectivity index (χ0v) is 13.7. The largest absolute Gasteiger partial charge is 0.497 e. The molecule has 0 heterocycles. The van der Waals surface area contributed by atoms with Crippen molar-refractivity contribution in [3.8, 4) is 5.75 Å². The maximum atomic E-state index is 11.8. The number of nitrogens with one attached hydrogen (secondary N) is 2. The molecule has 7 heteroatoms. The van der Waals surface area contributed by atoms with Crippen LogP contribution in [0.2, 0.25) is 5.02 Å². The smallest absolute Gasteiger partial charge is 0.259 e. The normalized spacial score (nSPS) is 10.4. The first kappa shape index (κ1) is 17.5. The van der Waals surface area contributed by atoms with Gasteiger partial charge >= 0.3 is 0 Å². The van der Waals surface area contributed by atoms with Crippen LogP contribution in [-0.2, 0) is 4.79 Å². The number of nitrogens with zero attached hydrogens (tertiary/aromatic N) is 1. The first-order chi connectivity index (χ1) is 11.6. The summed E-state index contributed by atoms with van der Waals surface area (Å²) in [5.41, 5.74) is 3.54. The number of amides is 2. The number of ether oxygens (including phenoxy) is 1. The summed E-state index contributed by atoms with van der Waals surface area (Å²) < 4.78 is 5.09. The van der Waals surface area contributed by atoms with Gasteiger partial charge in [0, 0.05) is 10.6 Å². The lowest BCUT2D eigenvalue weighted by atomic mass is 10.2. The SMILES string of the molecule is COc1cccc(C=NNC(=O)CNC(=O)c2ccc(Cl)cc2)c1. The van der Waals surface area contributed by atoms with E-state index in [-0.39, 0.29) is 12.5 Å². The van der Waals surface area contributed by atoms with Gasteiger partial charge in [0.25, 0.3) is 11.8 Å². The van der Waals surface area contributed by atoms with Gasteiger partial charge < -0.3 is 10.1 Å². The quantitative estimate of drug-likeness (QED) is 0.622. The second-order valence-corrected chi connectivity index (χ2v) is 5.20. The first-order valence-corrected chi connectivity index (χ1v) is 7.46. The van der Waals surface area contributed by atoms with Gasteiger partial charge in [0.1, 0.15) is 5.75 Å². The summed E-state index contributed by atoms with van der Waals surface area (Å²) in [4.78, 5) is 23.5. The molecule has 124 valence electrons. The van der Waals surface area contributed by atoms with Crippen molar-refractivity contribution in [1.82, 2.24) is 10.7 Å². The van der Waals surface area contributed by atoms with Crippen molar-refractivity contribution in [3.05, 3.63) is 64.7 Å². The predicted molar refractivity (Wildman–Crippen MR) is 92.5 cm³/mol. The van der Waals surface area contributed by atoms with E-state index in [0.717, 1.165) is 5.56 Å². The minimum Gasteiger partial charge on any atom is -0.497 e. The highest BCUT2D eigenvalue weighted by Gasteiger charge is 2.07. The van der Waals surface area contributed by atoms with E-state index in [2.05, 4.69) is 15.8 Å². The fourth-order valence-corrected chi connectivity index (χ4v) is 1.93. The Morgan fingerprint density at radius 3 is 2.67 bits per heavy atom. The Labute approximate surface area is 144 Å². The topological polar surface area (TPSA) is 79.8 Å². The van der Waals surface area contributed by atoms with Crippen LogP contribution >= 0.6 is 11.6 Å². The highest BCUT2D eigenvalue weighted by molar-refractivity contribution is 6.30. The van der Waals surface area contributed by atoms with Crippen molar-refractivity contribution < 1.29 is 14.3 Å². The summed E-state index contributed by atoms with van der Waals surface area (Å²) >= 11 is 5.75. The lowest BCUT2D eigenvalue weighted by molar-refractivity contribution is -0.120. The molecule has 2 rings (SSSR count). The molecule has 0 aliphatic carbocycles. The number of benzene rings is 2. The van der Waals surface area contributed by atoms with Gasteiger partial charge in [0.2, 0.25) is 0 Å². The molecule has 6 nitrogen and oxygen atoms in total. The summed E-state index contributed by atoms with van der Waals surface area (Å²) in [5.74, 6) is -0.101. The van der Waals surface area contributed by atoms with Crippen LogP contribution in [0.15, 0.2) is 53.6 Å². The van der Waals surface area contributed by atoms with Crippen LogP contribution in [0, 0.1) is 0 Å². The third-order valence-corrected chi connectivity index (χ3v) is 3.26. The molecule has 2 N–H and O–H groups in total. The fraction of sp³-hybridized carbons (Fsp3) is 0.118. The average Bonchev–Trinajstić information content (AvgIpc) is 2.60. The zero-order chi connectivity index (χ0) is 17.4. The number of carbonyl (C=O) groups is 2. The summed E-state index contributed by atoms with van der Waals surface area (Å²) in [6.07, 6.45) is 1.49. The summed E-state index contributed by atoms with van der Waals surface area (Å²) in [5, 5.41) is 6.87. The van der Waals surface area contributed by atoms with E-state index >= 15 is 0 Å². The van der Waals surface area contributed by atoms with Crippen molar-refractivity contribution in [2.75, 3.05) is 13.7 Å². The molecule has 0 spiro atoms. The third-order valence-electron chi connectivity index (χ3n) is 3.01. The molecule has 0 unspecified atom stereocenters. The number of methoxy groups -OCH3 is 1. The number of halogens is 1. The van der Waals surface area contributed by atoms with Crippen LogP contribution in [0.4, 0.5) is 0 Å². The molecule has 2 aromatic rings. The monoisotopic (exact) mass is 345 g/mol. The number of hydrogen-bond acceptors (Lipinski definition) is 4. The van der Waals surface area contributed by atoms with E-state index in [9.17, 15) is 9.59 Å². The maximum Gasteiger partial charge on any atom is 0.259 e. The van der Waals surface area contributed by atoms with Crippen molar-refractivity contribution in [2.45, 2.75) is 0 Å². The lowest BCUT2D eigenvalue weighted by Gasteiger charge is -2.04. The highest BCUT2D eigenvalue weighted by Crippen LogP contribution is 2.10. The van der Waals surface area contributed by atoms with Gasteiger partial charge in [-0.15, -0.1) is 0 Å². The Kier molecular flexibility index (Phi) is 6.33. The van der Waals surface area contributed by atoms with Gasteiger partial charge in [-0.2, -0.15) is 5.10 Å². The van der Waals surface area contributed by atoms with Gasteiger partial charge in [0.05, 0.1) is 19.9 Å². The molecule has 24 heavy (non-hydrogen) atoms. The Morgan fingerprint density at radius 1 is 1.21 bits per heavy atom. The summed E-state index contributed by atoms with van der Waals surface area (Å²) in [7, 11) is 1.57. The van der Waals surface area contributed by atoms with Crippen LogP contribution < -0.4 is 15.5 Å². The molecule has 0 radical (unpaired) electrons. The zero-order valence-electron chi connectivity index (χ0n) is 13.0. The van der Waals surface area contributed by atoms with E-state index in [1.165, 1.54) is 6.21 Å². The van der Waals surface area contributed by atoms with Crippen molar-refractivity contribution in [3.63, 3.8) is 0 Å². The van der Waals surface area contributed by atoms with E-state index in [1.54, 1.807) is 37.4 Å². The third kappa shape index (κ3) is 5.40. The van der Waals surface area contributed by atoms with E-state index in [0.29, 0.717) is 16.3 Å². The molecule has 0 saturated carbocycles. The molecule has 2 aromatic carbocycles. The van der Waals surface area contributed by atoms with E-state index in [4.69, 9.17) is 16.3 Å². The van der Waals surface area contributed by atoms with Crippen LogP contribution in [0.25, 0.3) is 0 Å². The van der Waals surface area contributed by atoms with Crippen molar-refractivity contribution in [1.29, 1.82) is 0 Å². The molecular weight excluding hydrogens is 330 g/mol. The second kappa shape index (κ2) is 8.69.